The quantitative estimate of drug-likeness (QED) is 0.130. The van der Waals surface area contributed by atoms with E-state index in [2.05, 4.69) is 63.5 Å². The van der Waals surface area contributed by atoms with Crippen LogP contribution in [-0.4, -0.2) is 41.9 Å². The number of nitrogens with one attached hydrogen (secondary N) is 1. The summed E-state index contributed by atoms with van der Waals surface area (Å²) in [6, 6.07) is 30.3. The SMILES string of the molecule is CC(C)(Oc1cccc(N2CCCCC2)c1)C(=O)NSc1ccc(C#N)cc1.O=CN(Cc1ccc(-c2cccs2)cc1)C1CC1. The van der Waals surface area contributed by atoms with Gasteiger partial charge in [0.1, 0.15) is 5.75 Å². The maximum absolute atomic E-state index is 12.6. The second-order valence-corrected chi connectivity index (χ2v) is 13.8. The average molecular weight is 653 g/mol. The van der Waals surface area contributed by atoms with Crippen LogP contribution in [-0.2, 0) is 16.1 Å². The average Bonchev–Trinajstić information content (AvgIpc) is 3.79. The predicted molar refractivity (Wildman–Crippen MR) is 187 cm³/mol. The zero-order chi connectivity index (χ0) is 32.4. The van der Waals surface area contributed by atoms with E-state index in [1.54, 1.807) is 49.4 Å². The molecule has 0 spiro atoms. The molecule has 46 heavy (non-hydrogen) atoms. The van der Waals surface area contributed by atoms with E-state index in [4.69, 9.17) is 10.00 Å². The minimum absolute atomic E-state index is 0.217. The molecular weight excluding hydrogens is 613 g/mol. The van der Waals surface area contributed by atoms with Gasteiger partial charge in [-0.3, -0.25) is 14.3 Å². The molecule has 1 aliphatic carbocycles. The molecule has 1 saturated carbocycles. The third kappa shape index (κ3) is 9.38. The molecule has 0 radical (unpaired) electrons. The molecule has 3 aromatic carbocycles. The predicted octanol–water partition coefficient (Wildman–Crippen LogP) is 8.07. The number of thiophene rings is 1. The summed E-state index contributed by atoms with van der Waals surface area (Å²) in [7, 11) is 0. The summed E-state index contributed by atoms with van der Waals surface area (Å²) in [4.78, 5) is 30.0. The van der Waals surface area contributed by atoms with Gasteiger partial charge in [0.05, 0.1) is 11.6 Å². The topological polar surface area (TPSA) is 85.7 Å². The van der Waals surface area contributed by atoms with Gasteiger partial charge >= 0.3 is 0 Å². The monoisotopic (exact) mass is 652 g/mol. The Morgan fingerprint density at radius 1 is 1.04 bits per heavy atom. The largest absolute Gasteiger partial charge is 0.478 e. The number of benzene rings is 3. The Balaban J connectivity index is 0.000000198. The standard InChI is InChI=1S/C22H25N3O2S.C15H15NOS/c1-22(2,21(26)24-28-20-11-9-17(16-23)10-12-20)27-19-8-6-7-18(15-19)25-13-4-3-5-14-25;17-11-16(14-7-8-14)10-12-3-5-13(6-4-12)15-2-1-9-18-15/h6-12,15H,3-5,13-14H2,1-2H3,(H,24,26);1-6,9,11,14H,7-8,10H2. The first-order chi connectivity index (χ1) is 22.3. The van der Waals surface area contributed by atoms with Gasteiger partial charge in [-0.15, -0.1) is 11.3 Å². The number of piperidine rings is 1. The van der Waals surface area contributed by atoms with Crippen LogP contribution in [0.25, 0.3) is 10.4 Å². The molecule has 2 fully saturated rings. The van der Waals surface area contributed by atoms with Crippen molar-refractivity contribution in [2.24, 2.45) is 0 Å². The summed E-state index contributed by atoms with van der Waals surface area (Å²) in [6.45, 7) is 6.38. The summed E-state index contributed by atoms with van der Waals surface area (Å²) >= 11 is 2.96. The Kier molecular flexibility index (Phi) is 11.4. The van der Waals surface area contributed by atoms with Crippen LogP contribution in [0.5, 0.6) is 5.75 Å². The van der Waals surface area contributed by atoms with E-state index in [1.807, 2.05) is 23.1 Å². The number of ether oxygens (including phenoxy) is 1. The first kappa shape index (κ1) is 33.1. The van der Waals surface area contributed by atoms with E-state index in [-0.39, 0.29) is 5.91 Å². The molecule has 238 valence electrons. The van der Waals surface area contributed by atoms with Gasteiger partial charge in [-0.05, 0) is 117 Å². The van der Waals surface area contributed by atoms with Gasteiger partial charge in [0.15, 0.2) is 5.60 Å². The van der Waals surface area contributed by atoms with Crippen LogP contribution in [0.3, 0.4) is 0 Å². The van der Waals surface area contributed by atoms with Crippen LogP contribution < -0.4 is 14.4 Å². The molecular formula is C37H40N4O3S2. The van der Waals surface area contributed by atoms with Gasteiger partial charge in [0.2, 0.25) is 6.41 Å². The molecule has 0 unspecified atom stereocenters. The van der Waals surface area contributed by atoms with E-state index >= 15 is 0 Å². The van der Waals surface area contributed by atoms with Gasteiger partial charge in [-0.1, -0.05) is 36.4 Å². The van der Waals surface area contributed by atoms with E-state index in [9.17, 15) is 9.59 Å². The maximum atomic E-state index is 12.6. The van der Waals surface area contributed by atoms with Gasteiger partial charge in [-0.2, -0.15) is 5.26 Å². The first-order valence-electron chi connectivity index (χ1n) is 15.7. The molecule has 2 heterocycles. The van der Waals surface area contributed by atoms with Crippen molar-refractivity contribution in [1.82, 2.24) is 9.62 Å². The van der Waals surface area contributed by atoms with Crippen molar-refractivity contribution in [2.45, 2.75) is 69.0 Å². The first-order valence-corrected chi connectivity index (χ1v) is 17.4. The molecule has 2 amide bonds. The highest BCUT2D eigenvalue weighted by molar-refractivity contribution is 7.98. The number of carbonyl (C=O) groups is 2. The van der Waals surface area contributed by atoms with Gasteiger partial charge in [-0.25, -0.2) is 0 Å². The third-order valence-electron chi connectivity index (χ3n) is 7.98. The number of nitrogens with zero attached hydrogens (tertiary/aromatic N) is 3. The zero-order valence-corrected chi connectivity index (χ0v) is 28.0. The molecule has 0 bridgehead atoms. The maximum Gasteiger partial charge on any atom is 0.273 e. The lowest BCUT2D eigenvalue weighted by atomic mass is 10.1. The number of hydrogen-bond acceptors (Lipinski definition) is 7. The molecule has 1 saturated heterocycles. The number of amides is 2. The van der Waals surface area contributed by atoms with Crippen molar-refractivity contribution >= 4 is 41.3 Å². The van der Waals surface area contributed by atoms with Crippen molar-refractivity contribution in [3.63, 3.8) is 0 Å². The summed E-state index contributed by atoms with van der Waals surface area (Å²) in [5.74, 6) is 0.469. The van der Waals surface area contributed by atoms with E-state index < -0.39 is 5.60 Å². The highest BCUT2D eigenvalue weighted by Crippen LogP contribution is 2.29. The molecule has 4 aromatic rings. The van der Waals surface area contributed by atoms with Crippen LogP contribution in [0.2, 0.25) is 0 Å². The minimum Gasteiger partial charge on any atom is -0.478 e. The number of anilines is 1. The summed E-state index contributed by atoms with van der Waals surface area (Å²) < 4.78 is 8.86. The fourth-order valence-electron chi connectivity index (χ4n) is 5.15. The zero-order valence-electron chi connectivity index (χ0n) is 26.4. The van der Waals surface area contributed by atoms with E-state index in [0.717, 1.165) is 49.5 Å². The lowest BCUT2D eigenvalue weighted by Crippen LogP contribution is -2.44. The van der Waals surface area contributed by atoms with Crippen LogP contribution in [0.4, 0.5) is 5.69 Å². The summed E-state index contributed by atoms with van der Waals surface area (Å²) in [5, 5.41) is 10.9. The molecule has 1 aliphatic heterocycles. The summed E-state index contributed by atoms with van der Waals surface area (Å²) in [5.41, 5.74) is 3.17. The lowest BCUT2D eigenvalue weighted by molar-refractivity contribution is -0.132. The van der Waals surface area contributed by atoms with Crippen molar-refractivity contribution in [3.8, 4) is 22.3 Å². The fourth-order valence-corrected chi connectivity index (χ4v) is 6.61. The van der Waals surface area contributed by atoms with Crippen LogP contribution in [0.15, 0.2) is 95.2 Å². The molecule has 1 aromatic heterocycles. The van der Waals surface area contributed by atoms with Crippen LogP contribution in [0, 0.1) is 11.3 Å². The second kappa shape index (κ2) is 15.8. The Morgan fingerprint density at radius 2 is 1.78 bits per heavy atom. The third-order valence-corrected chi connectivity index (χ3v) is 9.69. The molecule has 2 aliphatic rings. The summed E-state index contributed by atoms with van der Waals surface area (Å²) in [6.07, 6.45) is 7.01. The molecule has 1 N–H and O–H groups in total. The Morgan fingerprint density at radius 3 is 2.41 bits per heavy atom. The van der Waals surface area contributed by atoms with Crippen LogP contribution >= 0.6 is 23.3 Å². The lowest BCUT2D eigenvalue weighted by Gasteiger charge is -2.30. The molecule has 9 heteroatoms. The number of rotatable bonds is 11. The number of nitriles is 1. The Labute approximate surface area is 280 Å². The molecule has 6 rings (SSSR count). The Bertz CT molecular complexity index is 1610. The van der Waals surface area contributed by atoms with Crippen molar-refractivity contribution in [3.05, 3.63) is 101 Å². The van der Waals surface area contributed by atoms with Crippen molar-refractivity contribution in [1.29, 1.82) is 5.26 Å². The van der Waals surface area contributed by atoms with Crippen LogP contribution in [0.1, 0.15) is 57.1 Å². The normalized spacial score (nSPS) is 14.3. The molecule has 0 atom stereocenters. The van der Waals surface area contributed by atoms with Gasteiger partial charge in [0, 0.05) is 47.2 Å². The number of hydrogen-bond donors (Lipinski definition) is 1. The minimum atomic E-state index is -1.01. The Hall–Kier alpha value is -4.26. The second-order valence-electron chi connectivity index (χ2n) is 12.0. The fraction of sp³-hybridized carbons (Fsp3) is 0.324. The number of carbonyl (C=O) groups excluding carboxylic acids is 2. The highest BCUT2D eigenvalue weighted by Gasteiger charge is 2.30. The van der Waals surface area contributed by atoms with Gasteiger partial charge < -0.3 is 14.5 Å². The van der Waals surface area contributed by atoms with E-state index in [1.165, 1.54) is 47.2 Å². The molecule has 7 nitrogen and oxygen atoms in total. The van der Waals surface area contributed by atoms with Gasteiger partial charge in [0.25, 0.3) is 5.91 Å². The van der Waals surface area contributed by atoms with Crippen molar-refractivity contribution < 1.29 is 14.3 Å². The highest BCUT2D eigenvalue weighted by atomic mass is 32.2. The van der Waals surface area contributed by atoms with E-state index in [0.29, 0.717) is 17.4 Å². The van der Waals surface area contributed by atoms with Crippen molar-refractivity contribution in [2.75, 3.05) is 18.0 Å². The smallest absolute Gasteiger partial charge is 0.273 e.